The van der Waals surface area contributed by atoms with Crippen LogP contribution in [0.15, 0.2) is 10.5 Å². The van der Waals surface area contributed by atoms with E-state index in [0.29, 0.717) is 0 Å². The zero-order valence-electron chi connectivity index (χ0n) is 5.92. The number of hydrogen-bond donors (Lipinski definition) is 0. The van der Waals surface area contributed by atoms with Gasteiger partial charge in [0.05, 0.1) is 10.0 Å². The summed E-state index contributed by atoms with van der Waals surface area (Å²) in [4.78, 5) is 0. The molecule has 0 radical (unpaired) electrons. The van der Waals surface area contributed by atoms with Crippen molar-refractivity contribution in [2.24, 2.45) is 0 Å². The van der Waals surface area contributed by atoms with E-state index in [1.54, 1.807) is 0 Å². The fourth-order valence-corrected chi connectivity index (χ4v) is 1.11. The van der Waals surface area contributed by atoms with Gasteiger partial charge < -0.3 is 0 Å². The number of halogens is 6. The molecule has 0 aliphatic rings. The highest BCUT2D eigenvalue weighted by Gasteiger charge is 2.23. The van der Waals surface area contributed by atoms with Crippen molar-refractivity contribution in [3.63, 3.8) is 0 Å². The van der Waals surface area contributed by atoms with Crippen molar-refractivity contribution in [1.82, 2.24) is 0 Å². The summed E-state index contributed by atoms with van der Waals surface area (Å²) in [7, 11) is 0. The smallest absolute Gasteiger partial charge is 0.206 e. The topological polar surface area (TPSA) is 0 Å². The Morgan fingerprint density at radius 1 is 1.08 bits per heavy atom. The molecule has 0 amide bonds. The normalized spacial score (nSPS) is 11.0. The predicted molar refractivity (Wildman–Crippen MR) is 39.0 cm³/mol. The van der Waals surface area contributed by atoms with Crippen LogP contribution < -0.4 is 0 Å². The first-order valence-electron chi connectivity index (χ1n) is 3.06. The van der Waals surface area contributed by atoms with Crippen LogP contribution in [-0.2, 0) is 0 Å². The molecule has 1 aromatic carbocycles. The second-order valence-corrected chi connectivity index (χ2v) is 2.98. The first-order valence-corrected chi connectivity index (χ1v) is 3.85. The Kier molecular flexibility index (Phi) is 2.90. The molecule has 0 bridgehead atoms. The highest BCUT2D eigenvalue weighted by Crippen LogP contribution is 2.31. The van der Waals surface area contributed by atoms with E-state index in [9.17, 15) is 22.0 Å². The summed E-state index contributed by atoms with van der Waals surface area (Å²) >= 11 is 2.38. The molecule has 1 aromatic rings. The molecule has 1 rings (SSSR count). The second-order valence-electron chi connectivity index (χ2n) is 2.18. The minimum atomic E-state index is -3.31. The van der Waals surface area contributed by atoms with Crippen LogP contribution >= 0.6 is 15.9 Å². The summed E-state index contributed by atoms with van der Waals surface area (Å²) < 4.78 is 61.0. The summed E-state index contributed by atoms with van der Waals surface area (Å²) in [5.41, 5.74) is -1.42. The molecule has 6 heteroatoms. The van der Waals surface area contributed by atoms with E-state index >= 15 is 0 Å². The van der Waals surface area contributed by atoms with Crippen molar-refractivity contribution < 1.29 is 22.0 Å². The van der Waals surface area contributed by atoms with Gasteiger partial charge in [0.1, 0.15) is 11.6 Å². The summed E-state index contributed by atoms with van der Waals surface area (Å²) in [5, 5.41) is 0. The second kappa shape index (κ2) is 3.61. The van der Waals surface area contributed by atoms with E-state index in [2.05, 4.69) is 15.9 Å². The maximum Gasteiger partial charge on any atom is 0.269 e. The molecule has 0 aromatic heterocycles. The van der Waals surface area contributed by atoms with Gasteiger partial charge in [-0.05, 0) is 15.9 Å². The Balaban J connectivity index is 3.44. The highest BCUT2D eigenvalue weighted by molar-refractivity contribution is 9.10. The van der Waals surface area contributed by atoms with Crippen molar-refractivity contribution >= 4 is 15.9 Å². The SMILES string of the molecule is Fc1cc(F)c(C(F)F)c(F)c1Br. The zero-order valence-corrected chi connectivity index (χ0v) is 7.51. The largest absolute Gasteiger partial charge is 0.269 e. The lowest BCUT2D eigenvalue weighted by Crippen LogP contribution is -1.99. The average Bonchev–Trinajstić information content (AvgIpc) is 1.99. The zero-order chi connectivity index (χ0) is 10.2. The van der Waals surface area contributed by atoms with Gasteiger partial charge in [0.15, 0.2) is 5.82 Å². The molecule has 13 heavy (non-hydrogen) atoms. The van der Waals surface area contributed by atoms with Crippen molar-refractivity contribution in [2.45, 2.75) is 6.43 Å². The third kappa shape index (κ3) is 1.82. The van der Waals surface area contributed by atoms with Gasteiger partial charge in [-0.25, -0.2) is 22.0 Å². The van der Waals surface area contributed by atoms with Gasteiger partial charge in [-0.3, -0.25) is 0 Å². The van der Waals surface area contributed by atoms with Crippen LogP contribution in [0.3, 0.4) is 0 Å². The molecule has 0 aliphatic carbocycles. The van der Waals surface area contributed by atoms with Crippen molar-refractivity contribution in [1.29, 1.82) is 0 Å². The monoisotopic (exact) mass is 260 g/mol. The van der Waals surface area contributed by atoms with E-state index in [4.69, 9.17) is 0 Å². The Labute approximate surface area is 78.5 Å². The lowest BCUT2D eigenvalue weighted by Gasteiger charge is -2.05. The fourth-order valence-electron chi connectivity index (χ4n) is 0.780. The third-order valence-electron chi connectivity index (χ3n) is 1.37. The third-order valence-corrected chi connectivity index (χ3v) is 2.09. The molecular weight excluding hydrogens is 259 g/mol. The summed E-state index contributed by atoms with van der Waals surface area (Å²) in [6, 6.07) is 0.203. The molecule has 0 spiro atoms. The van der Waals surface area contributed by atoms with Crippen LogP contribution in [0, 0.1) is 17.5 Å². The lowest BCUT2D eigenvalue weighted by molar-refractivity contribution is 0.140. The van der Waals surface area contributed by atoms with Gasteiger partial charge in [-0.2, -0.15) is 0 Å². The number of benzene rings is 1. The maximum absolute atomic E-state index is 12.8. The molecule has 0 N–H and O–H groups in total. The van der Waals surface area contributed by atoms with Crippen molar-refractivity contribution in [2.75, 3.05) is 0 Å². The number of hydrogen-bond acceptors (Lipinski definition) is 0. The van der Waals surface area contributed by atoms with Crippen LogP contribution in [0.1, 0.15) is 12.0 Å². The molecule has 0 heterocycles. The van der Waals surface area contributed by atoms with Gasteiger partial charge in [0.2, 0.25) is 0 Å². The van der Waals surface area contributed by atoms with Gasteiger partial charge in [0, 0.05) is 6.07 Å². The molecule has 0 fully saturated rings. The maximum atomic E-state index is 12.8. The minimum Gasteiger partial charge on any atom is -0.206 e. The van der Waals surface area contributed by atoms with Crippen LogP contribution in [-0.4, -0.2) is 0 Å². The van der Waals surface area contributed by atoms with Gasteiger partial charge in [0.25, 0.3) is 6.43 Å². The molecule has 0 nitrogen and oxygen atoms in total. The number of rotatable bonds is 1. The van der Waals surface area contributed by atoms with E-state index in [1.165, 1.54) is 0 Å². The summed E-state index contributed by atoms with van der Waals surface area (Å²) in [6.45, 7) is 0. The first-order chi connectivity index (χ1) is 5.95. The van der Waals surface area contributed by atoms with E-state index in [0.717, 1.165) is 0 Å². The van der Waals surface area contributed by atoms with Crippen LogP contribution in [0.5, 0.6) is 0 Å². The minimum absolute atomic E-state index is 0.203. The van der Waals surface area contributed by atoms with Crippen molar-refractivity contribution in [3.05, 3.63) is 33.6 Å². The lowest BCUT2D eigenvalue weighted by atomic mass is 10.2. The van der Waals surface area contributed by atoms with Gasteiger partial charge in [-0.15, -0.1) is 0 Å². The summed E-state index contributed by atoms with van der Waals surface area (Å²) in [6.07, 6.45) is -3.31. The first kappa shape index (κ1) is 10.4. The summed E-state index contributed by atoms with van der Waals surface area (Å²) in [5.74, 6) is -4.44. The molecule has 72 valence electrons. The molecule has 0 aliphatic heterocycles. The Hall–Kier alpha value is -0.650. The molecule has 0 atom stereocenters. The van der Waals surface area contributed by atoms with Crippen LogP contribution in [0.25, 0.3) is 0 Å². The van der Waals surface area contributed by atoms with Crippen molar-refractivity contribution in [3.8, 4) is 0 Å². The van der Waals surface area contributed by atoms with Crippen LogP contribution in [0.4, 0.5) is 22.0 Å². The Morgan fingerprint density at radius 2 is 1.62 bits per heavy atom. The van der Waals surface area contributed by atoms with E-state index in [1.807, 2.05) is 0 Å². The highest BCUT2D eigenvalue weighted by atomic mass is 79.9. The molecule has 0 unspecified atom stereocenters. The van der Waals surface area contributed by atoms with Gasteiger partial charge >= 0.3 is 0 Å². The van der Waals surface area contributed by atoms with E-state index < -0.39 is 33.9 Å². The van der Waals surface area contributed by atoms with Crippen LogP contribution in [0.2, 0.25) is 0 Å². The standard InChI is InChI=1S/C7H2BrF5/c8-5-3(10)1-2(9)4(6(5)11)7(12)13/h1,7H. The van der Waals surface area contributed by atoms with E-state index in [-0.39, 0.29) is 6.07 Å². The fraction of sp³-hybridized carbons (Fsp3) is 0.143. The molecule has 0 saturated carbocycles. The number of alkyl halides is 2. The molecular formula is C7H2BrF5. The predicted octanol–water partition coefficient (Wildman–Crippen LogP) is 3.80. The Morgan fingerprint density at radius 3 is 2.08 bits per heavy atom. The quantitative estimate of drug-likeness (QED) is 0.409. The van der Waals surface area contributed by atoms with Gasteiger partial charge in [-0.1, -0.05) is 0 Å². The average molecular weight is 261 g/mol. The Bertz CT molecular complexity index is 336. The molecule has 0 saturated heterocycles.